The molecular weight excluding hydrogens is 343 g/mol. The van der Waals surface area contributed by atoms with Gasteiger partial charge in [0.05, 0.1) is 5.54 Å². The van der Waals surface area contributed by atoms with Gasteiger partial charge in [0.2, 0.25) is 5.91 Å². The van der Waals surface area contributed by atoms with E-state index in [0.29, 0.717) is 11.3 Å². The Labute approximate surface area is 153 Å². The second-order valence-electron chi connectivity index (χ2n) is 6.38. The predicted molar refractivity (Wildman–Crippen MR) is 97.1 cm³/mol. The van der Waals surface area contributed by atoms with Crippen molar-refractivity contribution in [3.05, 3.63) is 65.5 Å². The summed E-state index contributed by atoms with van der Waals surface area (Å²) in [6, 6.07) is 14.3. The number of hydrogen-bond acceptors (Lipinski definition) is 3. The van der Waals surface area contributed by atoms with Crippen LogP contribution in [0.2, 0.25) is 0 Å². The van der Waals surface area contributed by atoms with Crippen LogP contribution in [0.25, 0.3) is 0 Å². The molecule has 0 bridgehead atoms. The maximum absolute atomic E-state index is 13.6. The number of carbonyl (C=O) groups excluding carboxylic acids is 1. The van der Waals surface area contributed by atoms with Crippen molar-refractivity contribution >= 4 is 18.3 Å². The van der Waals surface area contributed by atoms with Gasteiger partial charge in [-0.1, -0.05) is 30.3 Å². The molecule has 1 aliphatic heterocycles. The van der Waals surface area contributed by atoms with Gasteiger partial charge in [0.25, 0.3) is 0 Å². The summed E-state index contributed by atoms with van der Waals surface area (Å²) in [6.45, 7) is 2.02. The van der Waals surface area contributed by atoms with Crippen molar-refractivity contribution < 1.29 is 13.9 Å². The Bertz CT molecular complexity index is 738. The van der Waals surface area contributed by atoms with Gasteiger partial charge >= 0.3 is 0 Å². The zero-order valence-electron chi connectivity index (χ0n) is 14.0. The van der Waals surface area contributed by atoms with Crippen molar-refractivity contribution in [2.45, 2.75) is 38.0 Å². The highest BCUT2D eigenvalue weighted by atomic mass is 35.5. The largest absolute Gasteiger partial charge is 0.489 e. The second-order valence-corrected chi connectivity index (χ2v) is 6.38. The van der Waals surface area contributed by atoms with Gasteiger partial charge in [-0.15, -0.1) is 12.4 Å². The molecule has 0 saturated carbocycles. The SMILES string of the molecule is C[C@@]1(C(N)=O)CC[C@H](c2ccc(OCc3ccccc3F)cc2)N1.Cl. The third-order valence-electron chi connectivity index (χ3n) is 4.60. The molecule has 3 N–H and O–H groups in total. The molecule has 1 amide bonds. The monoisotopic (exact) mass is 364 g/mol. The van der Waals surface area contributed by atoms with E-state index in [1.165, 1.54) is 6.07 Å². The molecule has 1 saturated heterocycles. The molecule has 6 heteroatoms. The van der Waals surface area contributed by atoms with Crippen molar-refractivity contribution in [3.63, 3.8) is 0 Å². The van der Waals surface area contributed by atoms with Crippen molar-refractivity contribution in [2.24, 2.45) is 5.73 Å². The lowest BCUT2D eigenvalue weighted by Gasteiger charge is -2.22. The molecule has 2 aromatic rings. The molecule has 0 unspecified atom stereocenters. The Kier molecular flexibility index (Phi) is 6.03. The quantitative estimate of drug-likeness (QED) is 0.853. The molecular formula is C19H22ClFN2O2. The molecule has 25 heavy (non-hydrogen) atoms. The van der Waals surface area contributed by atoms with Gasteiger partial charge in [0.1, 0.15) is 18.2 Å². The van der Waals surface area contributed by atoms with Gasteiger partial charge in [-0.25, -0.2) is 4.39 Å². The number of rotatable bonds is 5. The summed E-state index contributed by atoms with van der Waals surface area (Å²) in [4.78, 5) is 11.5. The zero-order chi connectivity index (χ0) is 17.2. The van der Waals surface area contributed by atoms with E-state index >= 15 is 0 Å². The number of amides is 1. The first-order chi connectivity index (χ1) is 11.5. The lowest BCUT2D eigenvalue weighted by Crippen LogP contribution is -2.49. The summed E-state index contributed by atoms with van der Waals surface area (Å²) in [5.41, 5.74) is 6.41. The maximum atomic E-state index is 13.6. The Hall–Kier alpha value is -2.11. The minimum atomic E-state index is -0.648. The van der Waals surface area contributed by atoms with Crippen molar-refractivity contribution in [1.82, 2.24) is 5.32 Å². The van der Waals surface area contributed by atoms with E-state index in [1.807, 2.05) is 31.2 Å². The first-order valence-corrected chi connectivity index (χ1v) is 8.02. The predicted octanol–water partition coefficient (Wildman–Crippen LogP) is 3.50. The number of hydrogen-bond donors (Lipinski definition) is 2. The van der Waals surface area contributed by atoms with E-state index in [0.717, 1.165) is 18.4 Å². The van der Waals surface area contributed by atoms with Crippen LogP contribution >= 0.6 is 12.4 Å². The average Bonchev–Trinajstić information content (AvgIpc) is 2.99. The van der Waals surface area contributed by atoms with Gasteiger partial charge in [0.15, 0.2) is 0 Å². The second kappa shape index (κ2) is 7.85. The molecule has 0 radical (unpaired) electrons. The molecule has 1 aliphatic rings. The van der Waals surface area contributed by atoms with Crippen LogP contribution < -0.4 is 15.8 Å². The Balaban J connectivity index is 0.00000225. The van der Waals surface area contributed by atoms with Crippen LogP contribution in [0.4, 0.5) is 4.39 Å². The van der Waals surface area contributed by atoms with Crippen molar-refractivity contribution in [1.29, 1.82) is 0 Å². The summed E-state index contributed by atoms with van der Waals surface area (Å²) in [5.74, 6) is 0.0857. The minimum absolute atomic E-state index is 0. The summed E-state index contributed by atoms with van der Waals surface area (Å²) >= 11 is 0. The van der Waals surface area contributed by atoms with Gasteiger partial charge in [-0.3, -0.25) is 10.1 Å². The van der Waals surface area contributed by atoms with Crippen molar-refractivity contribution in [3.8, 4) is 5.75 Å². The van der Waals surface area contributed by atoms with E-state index in [4.69, 9.17) is 10.5 Å². The van der Waals surface area contributed by atoms with Gasteiger partial charge in [-0.2, -0.15) is 0 Å². The van der Waals surface area contributed by atoms with Crippen LogP contribution in [0.3, 0.4) is 0 Å². The lowest BCUT2D eigenvalue weighted by molar-refractivity contribution is -0.123. The van der Waals surface area contributed by atoms with Gasteiger partial charge in [-0.05, 0) is 43.5 Å². The fourth-order valence-corrected chi connectivity index (χ4v) is 2.98. The van der Waals surface area contributed by atoms with Crippen LogP contribution in [-0.4, -0.2) is 11.4 Å². The molecule has 134 valence electrons. The molecule has 2 aromatic carbocycles. The highest BCUT2D eigenvalue weighted by Gasteiger charge is 2.39. The van der Waals surface area contributed by atoms with Gasteiger partial charge in [0, 0.05) is 11.6 Å². The first kappa shape index (κ1) is 19.2. The highest BCUT2D eigenvalue weighted by molar-refractivity contribution is 5.85. The number of benzene rings is 2. The Morgan fingerprint density at radius 1 is 1.28 bits per heavy atom. The summed E-state index contributed by atoms with van der Waals surface area (Å²) < 4.78 is 19.2. The van der Waals surface area contributed by atoms with Crippen LogP contribution in [0.5, 0.6) is 5.75 Å². The number of nitrogens with one attached hydrogen (secondary N) is 1. The van der Waals surface area contributed by atoms with E-state index < -0.39 is 5.54 Å². The Morgan fingerprint density at radius 2 is 1.96 bits per heavy atom. The number of nitrogens with two attached hydrogens (primary N) is 1. The fourth-order valence-electron chi connectivity index (χ4n) is 2.98. The number of primary amides is 1. The standard InChI is InChI=1S/C19H21FN2O2.ClH/c1-19(18(21)23)11-10-17(22-19)13-6-8-15(9-7-13)24-12-14-4-2-3-5-16(14)20;/h2-9,17,22H,10-12H2,1H3,(H2,21,23);1H/t17-,19+;/m1./s1. The van der Waals surface area contributed by atoms with E-state index in [1.54, 1.807) is 18.2 Å². The lowest BCUT2D eigenvalue weighted by atomic mass is 9.99. The third-order valence-corrected chi connectivity index (χ3v) is 4.60. The van der Waals surface area contributed by atoms with Crippen LogP contribution in [0.1, 0.15) is 36.9 Å². The van der Waals surface area contributed by atoms with E-state index in [9.17, 15) is 9.18 Å². The molecule has 0 aliphatic carbocycles. The van der Waals surface area contributed by atoms with Crippen LogP contribution in [-0.2, 0) is 11.4 Å². The molecule has 2 atom stereocenters. The Morgan fingerprint density at radius 3 is 2.56 bits per heavy atom. The molecule has 0 aromatic heterocycles. The topological polar surface area (TPSA) is 64.4 Å². The van der Waals surface area contributed by atoms with Gasteiger partial charge < -0.3 is 10.5 Å². The number of carbonyl (C=O) groups is 1. The maximum Gasteiger partial charge on any atom is 0.237 e. The van der Waals surface area contributed by atoms with Crippen LogP contribution in [0.15, 0.2) is 48.5 Å². The number of ether oxygens (including phenoxy) is 1. The highest BCUT2D eigenvalue weighted by Crippen LogP contribution is 2.33. The smallest absolute Gasteiger partial charge is 0.237 e. The zero-order valence-corrected chi connectivity index (χ0v) is 14.8. The molecule has 1 fully saturated rings. The molecule has 4 nitrogen and oxygen atoms in total. The minimum Gasteiger partial charge on any atom is -0.489 e. The summed E-state index contributed by atoms with van der Waals surface area (Å²) in [7, 11) is 0. The van der Waals surface area contributed by atoms with Crippen molar-refractivity contribution in [2.75, 3.05) is 0 Å². The summed E-state index contributed by atoms with van der Waals surface area (Å²) in [5, 5.41) is 3.30. The molecule has 1 heterocycles. The summed E-state index contributed by atoms with van der Waals surface area (Å²) in [6.07, 6.45) is 1.58. The molecule has 3 rings (SSSR count). The fraction of sp³-hybridized carbons (Fsp3) is 0.316. The number of halogens is 2. The van der Waals surface area contributed by atoms with Crippen LogP contribution in [0, 0.1) is 5.82 Å². The first-order valence-electron chi connectivity index (χ1n) is 8.02. The molecule has 0 spiro atoms. The van der Waals surface area contributed by atoms with E-state index in [2.05, 4.69) is 5.32 Å². The van der Waals surface area contributed by atoms with E-state index in [-0.39, 0.29) is 36.8 Å². The normalized spacial score (nSPS) is 22.2. The third kappa shape index (κ3) is 4.30. The average molecular weight is 365 g/mol.